The first-order chi connectivity index (χ1) is 10.2. The molecule has 0 aliphatic carbocycles. The van der Waals surface area contributed by atoms with Crippen molar-refractivity contribution in [1.82, 2.24) is 0 Å². The molecule has 0 spiro atoms. The van der Waals surface area contributed by atoms with Gasteiger partial charge in [0.15, 0.2) is 0 Å². The third kappa shape index (κ3) is 3.60. The molecule has 0 fully saturated rings. The quantitative estimate of drug-likeness (QED) is 0.506. The van der Waals surface area contributed by atoms with Gasteiger partial charge in [-0.25, -0.2) is 4.39 Å². The molecule has 0 bridgehead atoms. The van der Waals surface area contributed by atoms with E-state index >= 15 is 0 Å². The summed E-state index contributed by atoms with van der Waals surface area (Å²) in [7, 11) is 0. The lowest BCUT2D eigenvalue weighted by atomic mass is 10.1. The summed E-state index contributed by atoms with van der Waals surface area (Å²) in [6.45, 7) is 4.10. The van der Waals surface area contributed by atoms with E-state index in [-0.39, 0.29) is 5.82 Å². The number of aryl methyl sites for hydroxylation is 1. The highest BCUT2D eigenvalue weighted by molar-refractivity contribution is 6.02. The average molecular weight is 287 g/mol. The van der Waals surface area contributed by atoms with Crippen LogP contribution in [-0.2, 0) is 6.61 Å². The Labute approximate surface area is 123 Å². The molecule has 0 amide bonds. The number of para-hydroxylation sites is 1. The molecule has 0 radical (unpaired) electrons. The highest BCUT2D eigenvalue weighted by atomic mass is 19.1. The van der Waals surface area contributed by atoms with Crippen LogP contribution in [0.1, 0.15) is 30.0 Å². The zero-order chi connectivity index (χ0) is 15.2. The number of hydrogen-bond donors (Lipinski definition) is 1. The molecule has 0 saturated heterocycles. The van der Waals surface area contributed by atoms with Crippen molar-refractivity contribution in [2.75, 3.05) is 0 Å². The summed E-state index contributed by atoms with van der Waals surface area (Å²) >= 11 is 0. The van der Waals surface area contributed by atoms with Gasteiger partial charge in [0, 0.05) is 5.56 Å². The van der Waals surface area contributed by atoms with Crippen LogP contribution in [-0.4, -0.2) is 10.9 Å². The summed E-state index contributed by atoms with van der Waals surface area (Å²) in [4.78, 5) is 0. The summed E-state index contributed by atoms with van der Waals surface area (Å²) in [6, 6.07) is 12.0. The molecule has 0 aliphatic heterocycles. The van der Waals surface area contributed by atoms with Gasteiger partial charge in [0.1, 0.15) is 18.2 Å². The van der Waals surface area contributed by atoms with E-state index in [4.69, 9.17) is 9.94 Å². The monoisotopic (exact) mass is 287 g/mol. The van der Waals surface area contributed by atoms with Crippen molar-refractivity contribution in [2.24, 2.45) is 5.16 Å². The Hall–Kier alpha value is -2.36. The Morgan fingerprint density at radius 1 is 1.24 bits per heavy atom. The maximum absolute atomic E-state index is 13.1. The standard InChI is InChI=1S/C17H18FNO2/c1-3-16(19-20)15-6-4-5-7-17(15)21-11-13-8-9-14(18)10-12(13)2/h4-10,20H,3,11H2,1-2H3/b19-16-. The SMILES string of the molecule is CC/C(=N/O)c1ccccc1OCc1ccc(F)cc1C. The van der Waals surface area contributed by atoms with Gasteiger partial charge in [0.2, 0.25) is 0 Å². The largest absolute Gasteiger partial charge is 0.488 e. The smallest absolute Gasteiger partial charge is 0.128 e. The number of ether oxygens (including phenoxy) is 1. The van der Waals surface area contributed by atoms with E-state index in [1.165, 1.54) is 12.1 Å². The van der Waals surface area contributed by atoms with Gasteiger partial charge in [-0.3, -0.25) is 0 Å². The molecule has 0 aliphatic rings. The molecular formula is C17H18FNO2. The van der Waals surface area contributed by atoms with E-state index in [1.54, 1.807) is 6.07 Å². The van der Waals surface area contributed by atoms with Crippen molar-refractivity contribution in [3.63, 3.8) is 0 Å². The molecule has 0 heterocycles. The minimum Gasteiger partial charge on any atom is -0.488 e. The van der Waals surface area contributed by atoms with Crippen LogP contribution in [0.3, 0.4) is 0 Å². The number of benzene rings is 2. The van der Waals surface area contributed by atoms with Crippen molar-refractivity contribution in [3.05, 3.63) is 65.0 Å². The maximum Gasteiger partial charge on any atom is 0.128 e. The number of oxime groups is 1. The number of hydrogen-bond acceptors (Lipinski definition) is 3. The molecule has 4 heteroatoms. The van der Waals surface area contributed by atoms with Crippen LogP contribution in [0.5, 0.6) is 5.75 Å². The normalized spacial score (nSPS) is 11.5. The lowest BCUT2D eigenvalue weighted by Crippen LogP contribution is -2.05. The second kappa shape index (κ2) is 6.88. The van der Waals surface area contributed by atoms with Crippen LogP contribution in [0.2, 0.25) is 0 Å². The van der Waals surface area contributed by atoms with Crippen LogP contribution in [0, 0.1) is 12.7 Å². The minimum atomic E-state index is -0.252. The van der Waals surface area contributed by atoms with E-state index in [9.17, 15) is 4.39 Å². The van der Waals surface area contributed by atoms with Gasteiger partial charge in [0.25, 0.3) is 0 Å². The lowest BCUT2D eigenvalue weighted by Gasteiger charge is -2.13. The average Bonchev–Trinajstić information content (AvgIpc) is 2.49. The fourth-order valence-electron chi connectivity index (χ4n) is 2.12. The summed E-state index contributed by atoms with van der Waals surface area (Å²) in [5.41, 5.74) is 3.10. The van der Waals surface area contributed by atoms with Gasteiger partial charge in [-0.15, -0.1) is 0 Å². The maximum atomic E-state index is 13.1. The molecule has 21 heavy (non-hydrogen) atoms. The number of rotatable bonds is 5. The Morgan fingerprint density at radius 3 is 2.67 bits per heavy atom. The van der Waals surface area contributed by atoms with Crippen molar-refractivity contribution in [3.8, 4) is 5.75 Å². The molecule has 1 N–H and O–H groups in total. The summed E-state index contributed by atoms with van der Waals surface area (Å²) in [5, 5.41) is 12.4. The van der Waals surface area contributed by atoms with E-state index in [2.05, 4.69) is 5.16 Å². The molecule has 2 rings (SSSR count). The molecule has 0 saturated carbocycles. The van der Waals surface area contributed by atoms with Crippen LogP contribution in [0.25, 0.3) is 0 Å². The Kier molecular flexibility index (Phi) is 4.93. The highest BCUT2D eigenvalue weighted by Crippen LogP contribution is 2.22. The molecule has 3 nitrogen and oxygen atoms in total. The first-order valence-electron chi connectivity index (χ1n) is 6.83. The second-order valence-corrected chi connectivity index (χ2v) is 4.76. The molecule has 2 aromatic carbocycles. The lowest BCUT2D eigenvalue weighted by molar-refractivity contribution is 0.302. The fourth-order valence-corrected chi connectivity index (χ4v) is 2.12. The van der Waals surface area contributed by atoms with Crippen molar-refractivity contribution >= 4 is 5.71 Å². The summed E-state index contributed by atoms with van der Waals surface area (Å²) in [5.74, 6) is 0.396. The minimum absolute atomic E-state index is 0.252. The third-order valence-electron chi connectivity index (χ3n) is 3.34. The molecule has 110 valence electrons. The molecule has 2 aromatic rings. The van der Waals surface area contributed by atoms with Crippen molar-refractivity contribution < 1.29 is 14.3 Å². The van der Waals surface area contributed by atoms with E-state index < -0.39 is 0 Å². The third-order valence-corrected chi connectivity index (χ3v) is 3.34. The van der Waals surface area contributed by atoms with Crippen molar-refractivity contribution in [1.29, 1.82) is 0 Å². The zero-order valence-electron chi connectivity index (χ0n) is 12.1. The Morgan fingerprint density at radius 2 is 2.00 bits per heavy atom. The van der Waals surface area contributed by atoms with Gasteiger partial charge < -0.3 is 9.94 Å². The summed E-state index contributed by atoms with van der Waals surface area (Å²) in [6.07, 6.45) is 0.604. The van der Waals surface area contributed by atoms with Gasteiger partial charge in [0.05, 0.1) is 5.71 Å². The zero-order valence-corrected chi connectivity index (χ0v) is 12.1. The van der Waals surface area contributed by atoms with E-state index in [0.717, 1.165) is 16.7 Å². The van der Waals surface area contributed by atoms with Crippen molar-refractivity contribution in [2.45, 2.75) is 26.9 Å². The number of halogens is 1. The first kappa shape index (κ1) is 15.0. The Balaban J connectivity index is 2.20. The van der Waals surface area contributed by atoms with Crippen LogP contribution >= 0.6 is 0 Å². The van der Waals surface area contributed by atoms with Crippen LogP contribution in [0.4, 0.5) is 4.39 Å². The molecule has 0 unspecified atom stereocenters. The predicted octanol–water partition coefficient (Wildman–Crippen LogP) is 4.30. The van der Waals surface area contributed by atoms with Gasteiger partial charge in [-0.05, 0) is 48.7 Å². The van der Waals surface area contributed by atoms with Gasteiger partial charge >= 0.3 is 0 Å². The Bertz CT molecular complexity index is 653. The van der Waals surface area contributed by atoms with E-state index in [0.29, 0.717) is 24.5 Å². The van der Waals surface area contributed by atoms with Crippen LogP contribution in [0.15, 0.2) is 47.6 Å². The molecular weight excluding hydrogens is 269 g/mol. The first-order valence-corrected chi connectivity index (χ1v) is 6.83. The fraction of sp³-hybridized carbons (Fsp3) is 0.235. The highest BCUT2D eigenvalue weighted by Gasteiger charge is 2.10. The van der Waals surface area contributed by atoms with Gasteiger partial charge in [-0.1, -0.05) is 30.3 Å². The van der Waals surface area contributed by atoms with Crippen LogP contribution < -0.4 is 4.74 Å². The topological polar surface area (TPSA) is 41.8 Å². The van der Waals surface area contributed by atoms with Gasteiger partial charge in [-0.2, -0.15) is 0 Å². The molecule has 0 atom stereocenters. The predicted molar refractivity (Wildman–Crippen MR) is 80.5 cm³/mol. The summed E-state index contributed by atoms with van der Waals surface area (Å²) < 4.78 is 18.9. The molecule has 0 aromatic heterocycles. The number of nitrogens with zero attached hydrogens (tertiary/aromatic N) is 1. The second-order valence-electron chi connectivity index (χ2n) is 4.76. The van der Waals surface area contributed by atoms with E-state index in [1.807, 2.05) is 38.1 Å².